The fourth-order valence-corrected chi connectivity index (χ4v) is 0.116. The fraction of sp³-hybridized carbons (Fsp3) is 0. The second-order valence-corrected chi connectivity index (χ2v) is 1.95. The minimum atomic E-state index is -4.69. The maximum atomic E-state index is 8.60. The number of halogens is 1. The van der Waals surface area contributed by atoms with Crippen molar-refractivity contribution in [3.63, 3.8) is 0 Å². The number of hydrazine groups is 2. The number of hydrogen-bond acceptors (Lipinski definition) is 8. The van der Waals surface area contributed by atoms with Crippen LogP contribution in [-0.2, 0) is 0 Å². The molecule has 0 atom stereocenters. The summed E-state index contributed by atoms with van der Waals surface area (Å²) in [5.41, 5.74) is 4.18. The van der Waals surface area contributed by atoms with Crippen LogP contribution in [0.5, 0.6) is 0 Å². The van der Waals surface area contributed by atoms with Gasteiger partial charge in [-0.05, 0) is 0 Å². The highest BCUT2D eigenvalue weighted by molar-refractivity contribution is 5.77. The average molecular weight is 205 g/mol. The molecule has 0 radical (unpaired) electrons. The number of guanidine groups is 1. The molecule has 12 heavy (non-hydrogen) atoms. The van der Waals surface area contributed by atoms with Gasteiger partial charge >= 0.3 is 0 Å². The predicted octanol–water partition coefficient (Wildman–Crippen LogP) is -6.98. The van der Waals surface area contributed by atoms with Crippen LogP contribution in [0.4, 0.5) is 0 Å². The van der Waals surface area contributed by atoms with E-state index in [1.54, 1.807) is 0 Å². The van der Waals surface area contributed by atoms with E-state index in [0.29, 0.717) is 0 Å². The highest BCUT2D eigenvalue weighted by atomic mass is 35.7. The van der Waals surface area contributed by atoms with Crippen LogP contribution in [-0.4, -0.2) is 10.6 Å². The molecule has 0 aliphatic carbocycles. The van der Waals surface area contributed by atoms with Crippen LogP contribution in [0.15, 0.2) is 5.10 Å². The Morgan fingerprint density at radius 1 is 1.25 bits per heavy atom. The Balaban J connectivity index is 0. The van der Waals surface area contributed by atoms with Crippen LogP contribution in [0.3, 0.4) is 0 Å². The SMILES string of the molecule is NN=C(NN)NN.[O-][Cl+3]([O-])([O-])O. The van der Waals surface area contributed by atoms with E-state index in [1.165, 1.54) is 0 Å². The first-order valence-corrected chi connectivity index (χ1v) is 3.45. The second kappa shape index (κ2) is 6.81. The van der Waals surface area contributed by atoms with Crippen LogP contribution in [0.2, 0.25) is 0 Å². The van der Waals surface area contributed by atoms with Gasteiger partial charge < -0.3 is 5.84 Å². The van der Waals surface area contributed by atoms with E-state index in [9.17, 15) is 0 Å². The monoisotopic (exact) mass is 204 g/mol. The largest absolute Gasteiger partial charge is 0.320 e. The van der Waals surface area contributed by atoms with Crippen LogP contribution in [0, 0.1) is 10.2 Å². The molecule has 9 N–H and O–H groups in total. The summed E-state index contributed by atoms with van der Waals surface area (Å²) in [6, 6.07) is 0. The predicted molar refractivity (Wildman–Crippen MR) is 28.5 cm³/mol. The highest BCUT2D eigenvalue weighted by Gasteiger charge is 1.98. The van der Waals surface area contributed by atoms with Crippen molar-refractivity contribution in [2.45, 2.75) is 0 Å². The lowest BCUT2D eigenvalue weighted by Gasteiger charge is -2.03. The Bertz CT molecular complexity index is 120. The highest BCUT2D eigenvalue weighted by Crippen LogP contribution is 1.60. The molecule has 11 heteroatoms. The lowest BCUT2D eigenvalue weighted by atomic mass is 11.1. The van der Waals surface area contributed by atoms with E-state index < -0.39 is 10.2 Å². The molecule has 0 aromatic carbocycles. The van der Waals surface area contributed by atoms with Gasteiger partial charge in [-0.25, -0.2) is 11.7 Å². The molecule has 0 aliphatic heterocycles. The van der Waals surface area contributed by atoms with Crippen molar-refractivity contribution in [1.82, 2.24) is 10.9 Å². The molecule has 0 fully saturated rings. The third-order valence-corrected chi connectivity index (χ3v) is 0.403. The molecule has 74 valence electrons. The van der Waals surface area contributed by atoms with Gasteiger partial charge in [0.05, 0.1) is 14.9 Å². The summed E-state index contributed by atoms with van der Waals surface area (Å²) in [5.74, 6) is 14.4. The van der Waals surface area contributed by atoms with Crippen molar-refractivity contribution in [2.75, 3.05) is 0 Å². The molecule has 0 heterocycles. The van der Waals surface area contributed by atoms with Gasteiger partial charge in [0, 0.05) is 0 Å². The first-order chi connectivity index (χ1) is 5.35. The zero-order valence-electron chi connectivity index (χ0n) is 5.73. The number of hydrogen-bond donors (Lipinski definition) is 6. The Kier molecular flexibility index (Phi) is 7.77. The molecule has 0 aliphatic rings. The van der Waals surface area contributed by atoms with Crippen LogP contribution in [0.25, 0.3) is 0 Å². The summed E-state index contributed by atoms with van der Waals surface area (Å²) in [6.45, 7) is 0. The summed E-state index contributed by atoms with van der Waals surface area (Å²) in [6.07, 6.45) is 0. The molecule has 0 aromatic rings. The zero-order chi connectivity index (χ0) is 10.2. The lowest BCUT2D eigenvalue weighted by molar-refractivity contribution is -1.92. The molecule has 10 nitrogen and oxygen atoms in total. The third-order valence-electron chi connectivity index (χ3n) is 0.403. The number of nitrogens with one attached hydrogen (secondary N) is 2. The topological polar surface area (TPSA) is 204 Å². The summed E-state index contributed by atoms with van der Waals surface area (Å²) in [7, 11) is -4.69. The van der Waals surface area contributed by atoms with E-state index in [-0.39, 0.29) is 5.96 Å². The minimum absolute atomic E-state index is 0.139. The molecule has 0 unspecified atom stereocenters. The van der Waals surface area contributed by atoms with Crippen molar-refractivity contribution < 1.29 is 28.9 Å². The van der Waals surface area contributed by atoms with Crippen LogP contribution in [0.1, 0.15) is 0 Å². The molecular weight excluding hydrogens is 196 g/mol. The molecule has 0 spiro atoms. The van der Waals surface area contributed by atoms with Crippen LogP contribution >= 0.6 is 0 Å². The standard InChI is InChI=1S/CH8N6.ClHO4/c2-5-1(6-3)7-4;2-1(3,4)5/h2-4H2,(H2,5,6,7);(H,2,3,4,5). The molecule has 0 saturated heterocycles. The van der Waals surface area contributed by atoms with E-state index in [0.717, 1.165) is 0 Å². The fourth-order valence-electron chi connectivity index (χ4n) is 0.116. The number of hydrazone groups is 1. The van der Waals surface area contributed by atoms with Crippen molar-refractivity contribution in [2.24, 2.45) is 22.6 Å². The summed E-state index contributed by atoms with van der Waals surface area (Å²) in [4.78, 5) is 0. The normalized spacial score (nSPS) is 9.17. The second-order valence-electron chi connectivity index (χ2n) is 1.16. The summed E-state index contributed by atoms with van der Waals surface area (Å²) in [5, 5.41) is 3.07. The molecule has 0 amide bonds. The van der Waals surface area contributed by atoms with Gasteiger partial charge in [-0.1, -0.05) is 0 Å². The number of rotatable bonds is 0. The molecular formula is CH9ClN6O4. The average Bonchev–Trinajstić information content (AvgIpc) is 1.88. The maximum Gasteiger partial charge on any atom is 0.241 e. The van der Waals surface area contributed by atoms with Crippen LogP contribution < -0.4 is 42.4 Å². The van der Waals surface area contributed by atoms with Crippen molar-refractivity contribution >= 4 is 5.96 Å². The molecule has 0 aromatic heterocycles. The van der Waals surface area contributed by atoms with E-state index in [2.05, 4.69) is 16.0 Å². The Hall–Kier alpha value is -0.880. The molecule has 0 bridgehead atoms. The Morgan fingerprint density at radius 3 is 1.50 bits per heavy atom. The molecule has 0 rings (SSSR count). The van der Waals surface area contributed by atoms with Gasteiger partial charge in [-0.3, -0.25) is 10.9 Å². The minimum Gasteiger partial charge on any atom is -0.320 e. The molecule has 0 saturated carbocycles. The van der Waals surface area contributed by atoms with Gasteiger partial charge in [0.15, 0.2) is 0 Å². The van der Waals surface area contributed by atoms with Gasteiger partial charge in [0.25, 0.3) is 0 Å². The maximum absolute atomic E-state index is 8.60. The van der Waals surface area contributed by atoms with Gasteiger partial charge in [0.1, 0.15) is 0 Å². The number of nitrogens with two attached hydrogens (primary N) is 3. The van der Waals surface area contributed by atoms with Crippen molar-refractivity contribution in [1.29, 1.82) is 0 Å². The van der Waals surface area contributed by atoms with E-state index >= 15 is 0 Å². The summed E-state index contributed by atoms with van der Waals surface area (Å²) >= 11 is 0. The zero-order valence-corrected chi connectivity index (χ0v) is 6.49. The quantitative estimate of drug-likeness (QED) is 0.0958. The number of nitrogens with zero attached hydrogens (tertiary/aromatic N) is 1. The lowest BCUT2D eigenvalue weighted by Crippen LogP contribution is -2.58. The summed E-state index contributed by atoms with van der Waals surface area (Å²) < 4.78 is 32.7. The van der Waals surface area contributed by atoms with E-state index in [1.807, 2.05) is 0 Å². The first kappa shape index (κ1) is 13.7. The first-order valence-electron chi connectivity index (χ1n) is 2.19. The Labute approximate surface area is 69.3 Å². The van der Waals surface area contributed by atoms with Gasteiger partial charge in [-0.15, -0.1) is 5.10 Å². The third kappa shape index (κ3) is 22.9. The Morgan fingerprint density at radius 2 is 1.50 bits per heavy atom. The van der Waals surface area contributed by atoms with Gasteiger partial charge in [-0.2, -0.15) is 14.0 Å². The van der Waals surface area contributed by atoms with Crippen molar-refractivity contribution in [3.05, 3.63) is 0 Å². The van der Waals surface area contributed by atoms with E-state index in [4.69, 9.17) is 36.2 Å². The smallest absolute Gasteiger partial charge is 0.241 e. The van der Waals surface area contributed by atoms with Crippen molar-refractivity contribution in [3.8, 4) is 0 Å². The van der Waals surface area contributed by atoms with Gasteiger partial charge in [0.2, 0.25) is 5.96 Å².